The van der Waals surface area contributed by atoms with Crippen molar-refractivity contribution in [3.05, 3.63) is 30.1 Å². The van der Waals surface area contributed by atoms with Crippen LogP contribution in [0.4, 0.5) is 10.1 Å². The molecule has 2 aliphatic heterocycles. The number of carbonyl (C=O) groups is 1. The Balaban J connectivity index is 1.41. The summed E-state index contributed by atoms with van der Waals surface area (Å²) in [5.41, 5.74) is 1.01. The number of amides is 1. The van der Waals surface area contributed by atoms with Gasteiger partial charge in [0.05, 0.1) is 6.54 Å². The number of nitrogens with zero attached hydrogens (tertiary/aromatic N) is 4. The molecule has 0 radical (unpaired) electrons. The van der Waals surface area contributed by atoms with Crippen LogP contribution in [0.15, 0.2) is 29.3 Å². The lowest BCUT2D eigenvalue weighted by atomic mass is 10.2. The van der Waals surface area contributed by atoms with Crippen molar-refractivity contribution in [3.63, 3.8) is 0 Å². The number of piperazine rings is 1. The number of carbonyl (C=O) groups excluding carboxylic acids is 1. The molecule has 1 aromatic carbocycles. The smallest absolute Gasteiger partial charge is 0.224 e. The number of guanidine groups is 1. The average molecular weight is 333 g/mol. The first-order chi connectivity index (χ1) is 11.6. The highest BCUT2D eigenvalue weighted by molar-refractivity contribution is 5.82. The number of hydrogen-bond acceptors (Lipinski definition) is 5. The van der Waals surface area contributed by atoms with Gasteiger partial charge >= 0.3 is 0 Å². The summed E-state index contributed by atoms with van der Waals surface area (Å²) in [5.74, 6) is 0.823. The molecule has 2 heterocycles. The molecule has 130 valence electrons. The van der Waals surface area contributed by atoms with Gasteiger partial charge in [0.25, 0.3) is 0 Å². The number of likely N-dealkylation sites (N-methyl/N-ethyl adjacent to an activating group) is 1. The van der Waals surface area contributed by atoms with Crippen molar-refractivity contribution in [2.45, 2.75) is 6.42 Å². The van der Waals surface area contributed by atoms with Crippen LogP contribution in [0.25, 0.3) is 0 Å². The second-order valence-electron chi connectivity index (χ2n) is 6.15. The maximum Gasteiger partial charge on any atom is 0.224 e. The van der Waals surface area contributed by atoms with Gasteiger partial charge in [0.2, 0.25) is 5.91 Å². The summed E-state index contributed by atoms with van der Waals surface area (Å²) >= 11 is 0. The molecule has 24 heavy (non-hydrogen) atoms. The Labute approximate surface area is 141 Å². The molecule has 1 amide bonds. The zero-order valence-corrected chi connectivity index (χ0v) is 14.0. The van der Waals surface area contributed by atoms with E-state index in [2.05, 4.69) is 20.1 Å². The second kappa shape index (κ2) is 7.51. The van der Waals surface area contributed by atoms with Gasteiger partial charge in [-0.3, -0.25) is 9.79 Å². The highest BCUT2D eigenvalue weighted by Gasteiger charge is 2.21. The second-order valence-corrected chi connectivity index (χ2v) is 6.15. The predicted molar refractivity (Wildman–Crippen MR) is 92.7 cm³/mol. The van der Waals surface area contributed by atoms with Crippen LogP contribution in [0.3, 0.4) is 0 Å². The van der Waals surface area contributed by atoms with Crippen LogP contribution in [0.2, 0.25) is 0 Å². The Kier molecular flexibility index (Phi) is 5.17. The molecule has 7 heteroatoms. The lowest BCUT2D eigenvalue weighted by molar-refractivity contribution is -0.131. The third-order valence-corrected chi connectivity index (χ3v) is 4.50. The summed E-state index contributed by atoms with van der Waals surface area (Å²) in [6.07, 6.45) is 0.476. The van der Waals surface area contributed by atoms with E-state index in [1.54, 1.807) is 12.1 Å². The van der Waals surface area contributed by atoms with Gasteiger partial charge in [-0.25, -0.2) is 4.39 Å². The van der Waals surface area contributed by atoms with Crippen molar-refractivity contribution in [2.24, 2.45) is 4.99 Å². The summed E-state index contributed by atoms with van der Waals surface area (Å²) in [7, 11) is 2.00. The Hall–Kier alpha value is -2.31. The van der Waals surface area contributed by atoms with Crippen LogP contribution >= 0.6 is 0 Å². The molecular formula is C17H24FN5O. The zero-order valence-electron chi connectivity index (χ0n) is 14.0. The lowest BCUT2D eigenvalue weighted by Gasteiger charge is -2.36. The van der Waals surface area contributed by atoms with Crippen molar-refractivity contribution >= 4 is 17.6 Å². The van der Waals surface area contributed by atoms with Crippen LogP contribution in [0.5, 0.6) is 0 Å². The van der Waals surface area contributed by atoms with Crippen LogP contribution in [0.1, 0.15) is 6.42 Å². The van der Waals surface area contributed by atoms with E-state index in [-0.39, 0.29) is 11.7 Å². The average Bonchev–Trinajstić information content (AvgIpc) is 3.01. The van der Waals surface area contributed by atoms with Gasteiger partial charge < -0.3 is 20.0 Å². The van der Waals surface area contributed by atoms with Gasteiger partial charge in [-0.1, -0.05) is 0 Å². The quantitative estimate of drug-likeness (QED) is 0.884. The zero-order chi connectivity index (χ0) is 16.9. The van der Waals surface area contributed by atoms with Gasteiger partial charge in [-0.15, -0.1) is 0 Å². The van der Waals surface area contributed by atoms with Crippen molar-refractivity contribution in [2.75, 3.05) is 57.8 Å². The number of rotatable bonds is 4. The third kappa shape index (κ3) is 3.96. The Morgan fingerprint density at radius 1 is 1.17 bits per heavy atom. The summed E-state index contributed by atoms with van der Waals surface area (Å²) < 4.78 is 13.0. The summed E-state index contributed by atoms with van der Waals surface area (Å²) in [6, 6.07) is 6.52. The van der Waals surface area contributed by atoms with Crippen molar-refractivity contribution in [1.82, 2.24) is 15.1 Å². The van der Waals surface area contributed by atoms with E-state index in [0.29, 0.717) is 26.1 Å². The standard InChI is InChI=1S/C17H24FN5O/c1-21-9-8-20-17(21)19-7-6-16(24)23-12-10-22(11-13-23)15-4-2-14(18)3-5-15/h2-5H,6-13H2,1H3,(H,19,20). The normalized spacial score (nSPS) is 17.9. The van der Waals surface area contributed by atoms with Crippen LogP contribution < -0.4 is 10.2 Å². The molecule has 3 rings (SSSR count). The summed E-state index contributed by atoms with van der Waals surface area (Å²) in [5, 5.41) is 3.22. The molecule has 1 fully saturated rings. The number of halogens is 1. The number of anilines is 1. The van der Waals surface area contributed by atoms with Gasteiger partial charge in [0.1, 0.15) is 5.82 Å². The van der Waals surface area contributed by atoms with Gasteiger partial charge in [0.15, 0.2) is 5.96 Å². The maximum absolute atomic E-state index is 13.0. The van der Waals surface area contributed by atoms with E-state index in [0.717, 1.165) is 37.8 Å². The molecule has 0 spiro atoms. The Bertz CT molecular complexity index is 596. The molecule has 0 unspecified atom stereocenters. The minimum Gasteiger partial charge on any atom is -0.368 e. The first-order valence-corrected chi connectivity index (χ1v) is 8.41. The van der Waals surface area contributed by atoms with Gasteiger partial charge in [-0.2, -0.15) is 0 Å². The van der Waals surface area contributed by atoms with E-state index in [9.17, 15) is 9.18 Å². The van der Waals surface area contributed by atoms with E-state index in [1.165, 1.54) is 12.1 Å². The lowest BCUT2D eigenvalue weighted by Crippen LogP contribution is -2.49. The molecule has 0 atom stereocenters. The molecule has 1 saturated heterocycles. The fourth-order valence-electron chi connectivity index (χ4n) is 3.03. The highest BCUT2D eigenvalue weighted by Crippen LogP contribution is 2.17. The van der Waals surface area contributed by atoms with E-state index in [1.807, 2.05) is 11.9 Å². The summed E-state index contributed by atoms with van der Waals surface area (Å²) in [6.45, 7) is 5.33. The monoisotopic (exact) mass is 333 g/mol. The fraction of sp³-hybridized carbons (Fsp3) is 0.529. The fourth-order valence-corrected chi connectivity index (χ4v) is 3.03. The van der Waals surface area contributed by atoms with E-state index < -0.39 is 0 Å². The minimum absolute atomic E-state index is 0.169. The highest BCUT2D eigenvalue weighted by atomic mass is 19.1. The van der Waals surface area contributed by atoms with E-state index in [4.69, 9.17) is 0 Å². The largest absolute Gasteiger partial charge is 0.368 e. The van der Waals surface area contributed by atoms with Crippen LogP contribution in [-0.2, 0) is 4.79 Å². The number of nitrogens with one attached hydrogen (secondary N) is 1. The van der Waals surface area contributed by atoms with Gasteiger partial charge in [-0.05, 0) is 24.3 Å². The van der Waals surface area contributed by atoms with Crippen LogP contribution in [-0.4, -0.2) is 74.5 Å². The molecular weight excluding hydrogens is 309 g/mol. The van der Waals surface area contributed by atoms with Crippen molar-refractivity contribution in [1.29, 1.82) is 0 Å². The first kappa shape index (κ1) is 16.5. The molecule has 6 nitrogen and oxygen atoms in total. The van der Waals surface area contributed by atoms with Gasteiger partial charge in [0, 0.05) is 58.4 Å². The Morgan fingerprint density at radius 2 is 1.88 bits per heavy atom. The molecule has 2 aliphatic rings. The molecule has 0 saturated carbocycles. The molecule has 1 N–H and O–H groups in total. The number of hydrogen-bond donors (Lipinski definition) is 1. The number of benzene rings is 1. The summed E-state index contributed by atoms with van der Waals surface area (Å²) in [4.78, 5) is 22.8. The third-order valence-electron chi connectivity index (χ3n) is 4.50. The SMILES string of the molecule is CN1CCN=C1NCCC(=O)N1CCN(c2ccc(F)cc2)CC1. The molecule has 0 bridgehead atoms. The minimum atomic E-state index is -0.224. The maximum atomic E-state index is 13.0. The topological polar surface area (TPSA) is 51.2 Å². The molecule has 0 aromatic heterocycles. The Morgan fingerprint density at radius 3 is 2.50 bits per heavy atom. The van der Waals surface area contributed by atoms with E-state index >= 15 is 0 Å². The van der Waals surface area contributed by atoms with Crippen molar-refractivity contribution < 1.29 is 9.18 Å². The first-order valence-electron chi connectivity index (χ1n) is 8.41. The van der Waals surface area contributed by atoms with Crippen molar-refractivity contribution in [3.8, 4) is 0 Å². The molecule has 0 aliphatic carbocycles. The predicted octanol–water partition coefficient (Wildman–Crippen LogP) is 0.755. The van der Waals surface area contributed by atoms with Crippen LogP contribution in [0, 0.1) is 5.82 Å². The molecule has 1 aromatic rings. The number of aliphatic imine (C=N–C) groups is 1.